The number of hydrogen-bond acceptors (Lipinski definition) is 4. The molecule has 6 heteroatoms. The van der Waals surface area contributed by atoms with Crippen LogP contribution >= 0.6 is 11.6 Å². The van der Waals surface area contributed by atoms with E-state index >= 15 is 0 Å². The van der Waals surface area contributed by atoms with Gasteiger partial charge in [0.2, 0.25) is 0 Å². The minimum atomic E-state index is -0.660. The van der Waals surface area contributed by atoms with E-state index in [2.05, 4.69) is 5.32 Å². The van der Waals surface area contributed by atoms with Crippen LogP contribution in [-0.4, -0.2) is 32.0 Å². The molecule has 0 saturated heterocycles. The maximum absolute atomic E-state index is 11.7. The number of amides is 1. The topological polar surface area (TPSA) is 64.6 Å². The number of anilines is 1. The quantitative estimate of drug-likeness (QED) is 0.669. The Labute approximate surface area is 109 Å². The Kier molecular flexibility index (Phi) is 3.54. The second-order valence-corrected chi connectivity index (χ2v) is 4.26. The molecule has 0 radical (unpaired) electrons. The first-order chi connectivity index (χ1) is 8.56. The van der Waals surface area contributed by atoms with Crippen molar-refractivity contribution >= 4 is 29.0 Å². The molecule has 1 aromatic rings. The van der Waals surface area contributed by atoms with Crippen LogP contribution in [-0.2, 0) is 9.53 Å². The molecule has 0 bridgehead atoms. The normalized spacial score (nSPS) is 13.5. The van der Waals surface area contributed by atoms with Gasteiger partial charge >= 0.3 is 0 Å². The molecule has 1 aliphatic rings. The van der Waals surface area contributed by atoms with E-state index in [1.807, 2.05) is 0 Å². The zero-order valence-corrected chi connectivity index (χ0v) is 10.8. The summed E-state index contributed by atoms with van der Waals surface area (Å²) < 4.78 is 10.3. The van der Waals surface area contributed by atoms with Gasteiger partial charge in [0, 0.05) is 18.2 Å². The van der Waals surface area contributed by atoms with Gasteiger partial charge in [-0.25, -0.2) is 0 Å². The molecule has 0 fully saturated rings. The number of hydrogen-bond donors (Lipinski definition) is 1. The summed E-state index contributed by atoms with van der Waals surface area (Å²) in [6.45, 7) is 2.41. The molecule has 1 N–H and O–H groups in total. The Morgan fingerprint density at radius 3 is 2.72 bits per heavy atom. The fraction of sp³-hybridized carbons (Fsp3) is 0.333. The molecule has 0 saturated carbocycles. The van der Waals surface area contributed by atoms with Crippen LogP contribution in [0.4, 0.5) is 5.69 Å². The summed E-state index contributed by atoms with van der Waals surface area (Å²) in [6, 6.07) is 1.59. The summed E-state index contributed by atoms with van der Waals surface area (Å²) in [5.41, 5.74) is 1.26. The van der Waals surface area contributed by atoms with E-state index in [0.29, 0.717) is 40.8 Å². The summed E-state index contributed by atoms with van der Waals surface area (Å²) in [5, 5.41) is 2.89. The van der Waals surface area contributed by atoms with Gasteiger partial charge in [-0.3, -0.25) is 9.59 Å². The van der Waals surface area contributed by atoms with E-state index in [0.717, 1.165) is 0 Å². The lowest BCUT2D eigenvalue weighted by atomic mass is 10.0. The van der Waals surface area contributed by atoms with E-state index in [1.165, 1.54) is 0 Å². The lowest BCUT2D eigenvalue weighted by molar-refractivity contribution is -0.112. The van der Waals surface area contributed by atoms with Crippen molar-refractivity contribution in [3.05, 3.63) is 22.2 Å². The molecule has 1 aliphatic heterocycles. The van der Waals surface area contributed by atoms with Crippen LogP contribution in [0.15, 0.2) is 6.07 Å². The highest BCUT2D eigenvalue weighted by Crippen LogP contribution is 2.39. The fourth-order valence-corrected chi connectivity index (χ4v) is 1.96. The number of ketones is 1. The lowest BCUT2D eigenvalue weighted by Gasteiger charge is -2.12. The number of Topliss-reactive ketones (excluding diaryl/α,β-unsaturated/α-hetero) is 1. The van der Waals surface area contributed by atoms with Gasteiger partial charge in [0.25, 0.3) is 11.7 Å². The molecule has 1 amide bonds. The van der Waals surface area contributed by atoms with Crippen LogP contribution < -0.4 is 10.1 Å². The van der Waals surface area contributed by atoms with E-state index in [4.69, 9.17) is 21.1 Å². The van der Waals surface area contributed by atoms with Gasteiger partial charge in [-0.05, 0) is 12.5 Å². The number of carbonyl (C=O) groups is 2. The van der Waals surface area contributed by atoms with Crippen molar-refractivity contribution in [3.63, 3.8) is 0 Å². The molecular formula is C12H12ClNO4. The van der Waals surface area contributed by atoms with Crippen molar-refractivity contribution in [1.82, 2.24) is 0 Å². The van der Waals surface area contributed by atoms with E-state index in [9.17, 15) is 9.59 Å². The van der Waals surface area contributed by atoms with Gasteiger partial charge < -0.3 is 14.8 Å². The average Bonchev–Trinajstić information content (AvgIpc) is 2.63. The number of fused-ring (bicyclic) bond motifs is 1. The number of carbonyl (C=O) groups excluding carboxylic acids is 2. The van der Waals surface area contributed by atoms with Gasteiger partial charge in [-0.1, -0.05) is 11.6 Å². The summed E-state index contributed by atoms with van der Waals surface area (Å²) in [4.78, 5) is 23.1. The molecule has 1 aromatic carbocycles. The lowest BCUT2D eigenvalue weighted by Crippen LogP contribution is -2.13. The number of ether oxygens (including phenoxy) is 2. The maximum atomic E-state index is 11.7. The Bertz CT molecular complexity index is 527. The number of nitrogens with one attached hydrogen (secondary N) is 1. The molecule has 0 aliphatic carbocycles. The minimum Gasteiger partial charge on any atom is -0.489 e. The maximum Gasteiger partial charge on any atom is 0.296 e. The molecular weight excluding hydrogens is 258 g/mol. The molecule has 96 valence electrons. The molecule has 2 rings (SSSR count). The second kappa shape index (κ2) is 4.96. The van der Waals surface area contributed by atoms with Gasteiger partial charge in [-0.15, -0.1) is 0 Å². The highest BCUT2D eigenvalue weighted by atomic mass is 35.5. The van der Waals surface area contributed by atoms with Gasteiger partial charge in [0.15, 0.2) is 0 Å². The predicted octanol–water partition coefficient (Wildman–Crippen LogP) is 1.81. The minimum absolute atomic E-state index is 0.292. The van der Waals surface area contributed by atoms with Crippen LogP contribution in [0.25, 0.3) is 0 Å². The van der Waals surface area contributed by atoms with Gasteiger partial charge in [0.1, 0.15) is 12.4 Å². The molecule has 18 heavy (non-hydrogen) atoms. The van der Waals surface area contributed by atoms with E-state index < -0.39 is 11.7 Å². The van der Waals surface area contributed by atoms with Crippen LogP contribution in [0.5, 0.6) is 5.75 Å². The zero-order valence-electron chi connectivity index (χ0n) is 10.0. The van der Waals surface area contributed by atoms with Crippen molar-refractivity contribution in [1.29, 1.82) is 0 Å². The van der Waals surface area contributed by atoms with Crippen molar-refractivity contribution in [2.75, 3.05) is 25.6 Å². The van der Waals surface area contributed by atoms with E-state index in [-0.39, 0.29) is 0 Å². The van der Waals surface area contributed by atoms with Crippen LogP contribution in [0, 0.1) is 6.92 Å². The summed E-state index contributed by atoms with van der Waals surface area (Å²) in [7, 11) is 1.56. The zero-order chi connectivity index (χ0) is 13.3. The Balaban J connectivity index is 2.41. The average molecular weight is 270 g/mol. The number of methoxy groups -OCH3 is 1. The first kappa shape index (κ1) is 12.9. The first-order valence-corrected chi connectivity index (χ1v) is 5.74. The second-order valence-electron chi connectivity index (χ2n) is 3.86. The van der Waals surface area contributed by atoms with Crippen molar-refractivity contribution < 1.29 is 19.1 Å². The Hall–Kier alpha value is -1.59. The van der Waals surface area contributed by atoms with Crippen molar-refractivity contribution in [3.8, 4) is 5.75 Å². The van der Waals surface area contributed by atoms with Crippen LogP contribution in [0.1, 0.15) is 15.9 Å². The van der Waals surface area contributed by atoms with Gasteiger partial charge in [0.05, 0.1) is 17.9 Å². The molecule has 0 atom stereocenters. The SMILES string of the molecule is COCCOc1cc(Cl)c(C)c2c1NC(=O)C2=O. The number of halogens is 1. The fourth-order valence-electron chi connectivity index (χ4n) is 1.77. The monoisotopic (exact) mass is 269 g/mol. The molecule has 5 nitrogen and oxygen atoms in total. The highest BCUT2D eigenvalue weighted by Gasteiger charge is 2.33. The number of rotatable bonds is 4. The van der Waals surface area contributed by atoms with Crippen molar-refractivity contribution in [2.24, 2.45) is 0 Å². The Morgan fingerprint density at radius 1 is 1.33 bits per heavy atom. The third-order valence-electron chi connectivity index (χ3n) is 2.70. The predicted molar refractivity (Wildman–Crippen MR) is 66.5 cm³/mol. The highest BCUT2D eigenvalue weighted by molar-refractivity contribution is 6.53. The third-order valence-corrected chi connectivity index (χ3v) is 3.10. The summed E-state index contributed by atoms with van der Waals surface area (Å²) in [5.74, 6) is -0.856. The molecule has 0 unspecified atom stereocenters. The van der Waals surface area contributed by atoms with Crippen LogP contribution in [0.3, 0.4) is 0 Å². The molecule has 0 aromatic heterocycles. The van der Waals surface area contributed by atoms with Crippen molar-refractivity contribution in [2.45, 2.75) is 6.92 Å². The van der Waals surface area contributed by atoms with Crippen LogP contribution in [0.2, 0.25) is 5.02 Å². The third kappa shape index (κ3) is 2.07. The summed E-state index contributed by atoms with van der Waals surface area (Å²) in [6.07, 6.45) is 0. The first-order valence-electron chi connectivity index (χ1n) is 5.36. The number of benzene rings is 1. The largest absolute Gasteiger partial charge is 0.489 e. The summed E-state index contributed by atoms with van der Waals surface area (Å²) >= 11 is 6.02. The smallest absolute Gasteiger partial charge is 0.296 e. The standard InChI is InChI=1S/C12H12ClNO4/c1-6-7(13)5-8(18-4-3-17-2)10-9(6)11(15)12(16)14-10/h5H,3-4H2,1-2H3,(H,14,15,16). The molecule has 1 heterocycles. The van der Waals surface area contributed by atoms with E-state index in [1.54, 1.807) is 20.1 Å². The Morgan fingerprint density at radius 2 is 2.06 bits per heavy atom. The van der Waals surface area contributed by atoms with Gasteiger partial charge in [-0.2, -0.15) is 0 Å². The molecule has 0 spiro atoms.